The van der Waals surface area contributed by atoms with Crippen LogP contribution in [0.2, 0.25) is 0 Å². The van der Waals surface area contributed by atoms with E-state index in [0.717, 1.165) is 25.9 Å². The van der Waals surface area contributed by atoms with Crippen molar-refractivity contribution in [1.82, 2.24) is 0 Å². The van der Waals surface area contributed by atoms with Crippen LogP contribution in [-0.2, 0) is 4.74 Å². The van der Waals surface area contributed by atoms with Crippen LogP contribution in [0.1, 0.15) is 52.9 Å². The van der Waals surface area contributed by atoms with Gasteiger partial charge in [0.05, 0.1) is 12.2 Å². The van der Waals surface area contributed by atoms with Gasteiger partial charge in [-0.25, -0.2) is 0 Å². The quantitative estimate of drug-likeness (QED) is 0.739. The molecule has 1 saturated heterocycles. The molecule has 2 nitrogen and oxygen atoms in total. The summed E-state index contributed by atoms with van der Waals surface area (Å²) < 4.78 is 5.53. The molecule has 1 aliphatic rings. The smallest absolute Gasteiger partial charge is 0.0852 e. The number of aliphatic hydroxyl groups is 1. The molecule has 1 N–H and O–H groups in total. The summed E-state index contributed by atoms with van der Waals surface area (Å²) in [5.41, 5.74) is 0.00498. The van der Waals surface area contributed by atoms with Crippen LogP contribution in [0, 0.1) is 5.41 Å². The lowest BCUT2D eigenvalue weighted by Gasteiger charge is -2.33. The molecule has 0 aromatic rings. The van der Waals surface area contributed by atoms with Gasteiger partial charge in [-0.3, -0.25) is 0 Å². The van der Waals surface area contributed by atoms with Crippen molar-refractivity contribution >= 4 is 0 Å². The van der Waals surface area contributed by atoms with Gasteiger partial charge >= 0.3 is 0 Å². The van der Waals surface area contributed by atoms with Crippen LogP contribution in [-0.4, -0.2) is 23.9 Å². The van der Waals surface area contributed by atoms with Crippen molar-refractivity contribution in [2.45, 2.75) is 65.1 Å². The van der Waals surface area contributed by atoms with E-state index in [4.69, 9.17) is 4.74 Å². The molecular formula is C12H24O2. The van der Waals surface area contributed by atoms with Gasteiger partial charge in [0.1, 0.15) is 0 Å². The fourth-order valence-corrected chi connectivity index (χ4v) is 2.14. The average Bonchev–Trinajstić information content (AvgIpc) is 2.66. The molecule has 1 heterocycles. The first kappa shape index (κ1) is 12.0. The Bertz CT molecular complexity index is 160. The first-order valence-electron chi connectivity index (χ1n) is 5.87. The second-order valence-corrected chi connectivity index (χ2v) is 5.09. The van der Waals surface area contributed by atoms with Crippen LogP contribution in [0.25, 0.3) is 0 Å². The zero-order chi connectivity index (χ0) is 10.6. The number of unbranched alkanes of at least 4 members (excludes halogenated alkanes) is 1. The van der Waals surface area contributed by atoms with E-state index in [2.05, 4.69) is 20.8 Å². The van der Waals surface area contributed by atoms with Gasteiger partial charge in [-0.15, -0.1) is 0 Å². The Morgan fingerprint density at radius 2 is 2.21 bits per heavy atom. The van der Waals surface area contributed by atoms with E-state index >= 15 is 0 Å². The average molecular weight is 200 g/mol. The maximum absolute atomic E-state index is 10.2. The van der Waals surface area contributed by atoms with Gasteiger partial charge in [0.15, 0.2) is 0 Å². The van der Waals surface area contributed by atoms with Gasteiger partial charge in [0.2, 0.25) is 0 Å². The van der Waals surface area contributed by atoms with Crippen LogP contribution >= 0.6 is 0 Å². The third kappa shape index (κ3) is 2.96. The van der Waals surface area contributed by atoms with Crippen LogP contribution in [0.15, 0.2) is 0 Å². The maximum Gasteiger partial charge on any atom is 0.0852 e. The lowest BCUT2D eigenvalue weighted by Crippen LogP contribution is -2.39. The lowest BCUT2D eigenvalue weighted by atomic mass is 9.79. The fraction of sp³-hybridized carbons (Fsp3) is 1.00. The van der Waals surface area contributed by atoms with E-state index in [1.807, 2.05) is 0 Å². The summed E-state index contributed by atoms with van der Waals surface area (Å²) in [7, 11) is 0. The largest absolute Gasteiger partial charge is 0.390 e. The Morgan fingerprint density at radius 3 is 2.71 bits per heavy atom. The van der Waals surface area contributed by atoms with Crippen molar-refractivity contribution in [1.29, 1.82) is 0 Å². The summed E-state index contributed by atoms with van der Waals surface area (Å²) in [6, 6.07) is 0. The molecule has 1 fully saturated rings. The molecule has 2 heteroatoms. The maximum atomic E-state index is 10.2. The third-order valence-electron chi connectivity index (χ3n) is 3.29. The molecule has 0 radical (unpaired) electrons. The Balaban J connectivity index is 2.43. The van der Waals surface area contributed by atoms with E-state index in [1.165, 1.54) is 12.8 Å². The Hall–Kier alpha value is -0.0800. The van der Waals surface area contributed by atoms with Gasteiger partial charge in [0.25, 0.3) is 0 Å². The highest BCUT2D eigenvalue weighted by Gasteiger charge is 2.35. The molecule has 0 spiro atoms. The summed E-state index contributed by atoms with van der Waals surface area (Å²) >= 11 is 0. The number of aliphatic hydroxyl groups excluding tert-OH is 1. The molecule has 1 aliphatic heterocycles. The second kappa shape index (κ2) is 5.13. The van der Waals surface area contributed by atoms with Gasteiger partial charge in [0, 0.05) is 6.61 Å². The number of ether oxygens (including phenoxy) is 1. The van der Waals surface area contributed by atoms with Crippen molar-refractivity contribution in [2.24, 2.45) is 5.41 Å². The van der Waals surface area contributed by atoms with E-state index in [0.29, 0.717) is 0 Å². The van der Waals surface area contributed by atoms with E-state index in [9.17, 15) is 5.11 Å². The first-order chi connectivity index (χ1) is 6.58. The molecule has 0 aliphatic carbocycles. The van der Waals surface area contributed by atoms with Gasteiger partial charge in [-0.05, 0) is 24.7 Å². The number of hydrogen-bond acceptors (Lipinski definition) is 2. The molecule has 1 rings (SSSR count). The van der Waals surface area contributed by atoms with Crippen molar-refractivity contribution in [2.75, 3.05) is 6.61 Å². The van der Waals surface area contributed by atoms with Gasteiger partial charge < -0.3 is 9.84 Å². The molecular weight excluding hydrogens is 176 g/mol. The molecule has 0 amide bonds. The van der Waals surface area contributed by atoms with Crippen LogP contribution in [0.4, 0.5) is 0 Å². The Morgan fingerprint density at radius 1 is 1.50 bits per heavy atom. The van der Waals surface area contributed by atoms with Crippen LogP contribution in [0.3, 0.4) is 0 Å². The summed E-state index contributed by atoms with van der Waals surface area (Å²) in [6.45, 7) is 7.31. The lowest BCUT2D eigenvalue weighted by molar-refractivity contribution is -0.0652. The van der Waals surface area contributed by atoms with Crippen molar-refractivity contribution < 1.29 is 9.84 Å². The predicted octanol–water partition coefficient (Wildman–Crippen LogP) is 2.74. The standard InChI is InChI=1S/C12H24O2/c1-4-5-8-12(2,3)11(13)10-7-6-9-14-10/h10-11,13H,4-9H2,1-3H3. The summed E-state index contributed by atoms with van der Waals surface area (Å²) in [5, 5.41) is 10.2. The van der Waals surface area contributed by atoms with Crippen molar-refractivity contribution in [3.05, 3.63) is 0 Å². The Labute approximate surface area is 87.7 Å². The second-order valence-electron chi connectivity index (χ2n) is 5.09. The molecule has 0 aromatic carbocycles. The van der Waals surface area contributed by atoms with Crippen molar-refractivity contribution in [3.63, 3.8) is 0 Å². The highest BCUT2D eigenvalue weighted by molar-refractivity contribution is 4.85. The SMILES string of the molecule is CCCCC(C)(C)C(O)C1CCCO1. The minimum atomic E-state index is -0.295. The topological polar surface area (TPSA) is 29.5 Å². The molecule has 0 aromatic heterocycles. The third-order valence-corrected chi connectivity index (χ3v) is 3.29. The molecule has 84 valence electrons. The van der Waals surface area contributed by atoms with Crippen molar-refractivity contribution in [3.8, 4) is 0 Å². The molecule has 0 saturated carbocycles. The minimum Gasteiger partial charge on any atom is -0.390 e. The van der Waals surface area contributed by atoms with Gasteiger partial charge in [-0.1, -0.05) is 33.6 Å². The normalized spacial score (nSPS) is 25.3. The van der Waals surface area contributed by atoms with Gasteiger partial charge in [-0.2, -0.15) is 0 Å². The monoisotopic (exact) mass is 200 g/mol. The Kier molecular flexibility index (Phi) is 4.39. The molecule has 2 unspecified atom stereocenters. The molecule has 0 bridgehead atoms. The zero-order valence-electron chi connectivity index (χ0n) is 9.75. The first-order valence-corrected chi connectivity index (χ1v) is 5.87. The van der Waals surface area contributed by atoms with E-state index in [1.54, 1.807) is 0 Å². The summed E-state index contributed by atoms with van der Waals surface area (Å²) in [5.74, 6) is 0. The molecule has 2 atom stereocenters. The fourth-order valence-electron chi connectivity index (χ4n) is 2.14. The minimum absolute atomic E-state index is 0.00498. The highest BCUT2D eigenvalue weighted by atomic mass is 16.5. The number of hydrogen-bond donors (Lipinski definition) is 1. The van der Waals surface area contributed by atoms with Crippen LogP contribution in [0.5, 0.6) is 0 Å². The zero-order valence-corrected chi connectivity index (χ0v) is 9.75. The van der Waals surface area contributed by atoms with Crippen LogP contribution < -0.4 is 0 Å². The summed E-state index contributed by atoms with van der Waals surface area (Å²) in [6.07, 6.45) is 5.39. The predicted molar refractivity (Wildman–Crippen MR) is 58.3 cm³/mol. The summed E-state index contributed by atoms with van der Waals surface area (Å²) in [4.78, 5) is 0. The highest BCUT2D eigenvalue weighted by Crippen LogP contribution is 2.33. The van der Waals surface area contributed by atoms with E-state index < -0.39 is 0 Å². The number of rotatable bonds is 5. The van der Waals surface area contributed by atoms with E-state index in [-0.39, 0.29) is 17.6 Å². The molecule has 14 heavy (non-hydrogen) atoms.